The van der Waals surface area contributed by atoms with Gasteiger partial charge in [0.05, 0.1) is 6.42 Å². The molecule has 0 aliphatic rings. The maximum absolute atomic E-state index is 11.4. The topological polar surface area (TPSA) is 34.1 Å². The standard InChI is InChI=1S/C11H19O2/c1-10(2,3)8(12)7-9(13)11(4,5)6/h7H,1-6H3. The van der Waals surface area contributed by atoms with Gasteiger partial charge in [-0.3, -0.25) is 9.59 Å². The second-order valence-electron chi connectivity index (χ2n) is 5.37. The highest BCUT2D eigenvalue weighted by atomic mass is 16.1. The lowest BCUT2D eigenvalue weighted by Gasteiger charge is -2.20. The van der Waals surface area contributed by atoms with Gasteiger partial charge in [0.15, 0.2) is 0 Å². The molecule has 0 rings (SSSR count). The fraction of sp³-hybridized carbons (Fsp3) is 0.727. The van der Waals surface area contributed by atoms with E-state index < -0.39 is 10.8 Å². The van der Waals surface area contributed by atoms with Crippen LogP contribution in [0.4, 0.5) is 0 Å². The molecular formula is C11H19O2. The van der Waals surface area contributed by atoms with Gasteiger partial charge in [-0.25, -0.2) is 0 Å². The number of rotatable bonds is 2. The van der Waals surface area contributed by atoms with Gasteiger partial charge in [0, 0.05) is 10.8 Å². The molecule has 13 heavy (non-hydrogen) atoms. The van der Waals surface area contributed by atoms with Crippen LogP contribution in [-0.4, -0.2) is 11.6 Å². The van der Waals surface area contributed by atoms with Crippen molar-refractivity contribution in [1.82, 2.24) is 0 Å². The molecule has 0 aromatic carbocycles. The monoisotopic (exact) mass is 183 g/mol. The molecule has 0 N–H and O–H groups in total. The molecular weight excluding hydrogens is 164 g/mol. The van der Waals surface area contributed by atoms with E-state index in [4.69, 9.17) is 0 Å². The van der Waals surface area contributed by atoms with E-state index in [0.717, 1.165) is 0 Å². The van der Waals surface area contributed by atoms with E-state index in [2.05, 4.69) is 0 Å². The van der Waals surface area contributed by atoms with Gasteiger partial charge < -0.3 is 0 Å². The van der Waals surface area contributed by atoms with E-state index in [9.17, 15) is 9.59 Å². The highest BCUT2D eigenvalue weighted by Gasteiger charge is 2.29. The van der Waals surface area contributed by atoms with Gasteiger partial charge in [0.1, 0.15) is 11.6 Å². The van der Waals surface area contributed by atoms with Crippen LogP contribution < -0.4 is 0 Å². The van der Waals surface area contributed by atoms with Crippen LogP contribution in [0, 0.1) is 17.3 Å². The van der Waals surface area contributed by atoms with E-state index in [1.54, 1.807) is 0 Å². The Morgan fingerprint density at radius 3 is 1.15 bits per heavy atom. The highest BCUT2D eigenvalue weighted by molar-refractivity contribution is 6.13. The number of hydrogen-bond acceptors (Lipinski definition) is 2. The number of carbonyl (C=O) groups is 2. The molecule has 0 saturated carbocycles. The number of hydrogen-bond donors (Lipinski definition) is 0. The van der Waals surface area contributed by atoms with Crippen molar-refractivity contribution in [3.8, 4) is 0 Å². The minimum absolute atomic E-state index is 0.104. The zero-order valence-electron chi connectivity index (χ0n) is 9.39. The molecule has 0 heterocycles. The van der Waals surface area contributed by atoms with Crippen molar-refractivity contribution < 1.29 is 9.59 Å². The summed E-state index contributed by atoms with van der Waals surface area (Å²) in [5.41, 5.74) is -0.915. The van der Waals surface area contributed by atoms with Crippen molar-refractivity contribution in [2.24, 2.45) is 10.8 Å². The van der Waals surface area contributed by atoms with Gasteiger partial charge >= 0.3 is 0 Å². The van der Waals surface area contributed by atoms with Crippen LogP contribution in [0.5, 0.6) is 0 Å². The predicted octanol–water partition coefficient (Wildman–Crippen LogP) is 2.42. The average Bonchev–Trinajstić information content (AvgIpc) is 1.82. The normalized spacial score (nSPS) is 12.8. The van der Waals surface area contributed by atoms with Crippen molar-refractivity contribution in [3.63, 3.8) is 0 Å². The highest BCUT2D eigenvalue weighted by Crippen LogP contribution is 2.21. The molecule has 0 aliphatic carbocycles. The Bertz CT molecular complexity index is 189. The molecule has 0 fully saturated rings. The van der Waals surface area contributed by atoms with E-state index >= 15 is 0 Å². The zero-order valence-corrected chi connectivity index (χ0v) is 9.39. The molecule has 0 aromatic heterocycles. The summed E-state index contributed by atoms with van der Waals surface area (Å²) < 4.78 is 0. The van der Waals surface area contributed by atoms with E-state index in [1.165, 1.54) is 6.42 Å². The molecule has 0 atom stereocenters. The molecule has 0 bridgehead atoms. The Labute approximate surface area is 80.7 Å². The minimum Gasteiger partial charge on any atom is -0.298 e. The third-order valence-corrected chi connectivity index (χ3v) is 1.74. The molecule has 0 spiro atoms. The molecule has 0 saturated heterocycles. The third-order valence-electron chi connectivity index (χ3n) is 1.74. The van der Waals surface area contributed by atoms with Gasteiger partial charge in [0.2, 0.25) is 0 Å². The molecule has 2 heteroatoms. The van der Waals surface area contributed by atoms with Crippen LogP contribution in [0.3, 0.4) is 0 Å². The summed E-state index contributed by atoms with van der Waals surface area (Å²) in [5, 5.41) is 0. The molecule has 0 unspecified atom stereocenters. The summed E-state index contributed by atoms with van der Waals surface area (Å²) in [6.45, 7) is 10.8. The second-order valence-corrected chi connectivity index (χ2v) is 5.37. The van der Waals surface area contributed by atoms with Gasteiger partial charge in [-0.1, -0.05) is 41.5 Å². The molecule has 0 aliphatic heterocycles. The number of Topliss-reactive ketones (excluding diaryl/α,β-unsaturated/α-hetero) is 2. The van der Waals surface area contributed by atoms with Crippen LogP contribution in [0.15, 0.2) is 0 Å². The van der Waals surface area contributed by atoms with E-state index in [0.29, 0.717) is 0 Å². The Morgan fingerprint density at radius 1 is 0.769 bits per heavy atom. The Hall–Kier alpha value is -0.660. The summed E-state index contributed by atoms with van der Waals surface area (Å²) in [6, 6.07) is 0. The number of ketones is 2. The van der Waals surface area contributed by atoms with Crippen LogP contribution >= 0.6 is 0 Å². The largest absolute Gasteiger partial charge is 0.298 e. The zero-order chi connectivity index (χ0) is 10.9. The van der Waals surface area contributed by atoms with Crippen LogP contribution in [0.1, 0.15) is 41.5 Å². The van der Waals surface area contributed by atoms with Crippen LogP contribution in [-0.2, 0) is 9.59 Å². The Balaban J connectivity index is 4.34. The summed E-state index contributed by atoms with van der Waals surface area (Å²) in [7, 11) is 0. The third kappa shape index (κ3) is 4.20. The maximum Gasteiger partial charge on any atom is 0.149 e. The lowest BCUT2D eigenvalue weighted by atomic mass is 9.82. The van der Waals surface area contributed by atoms with Crippen molar-refractivity contribution in [3.05, 3.63) is 6.42 Å². The van der Waals surface area contributed by atoms with Crippen molar-refractivity contribution >= 4 is 11.6 Å². The second kappa shape index (κ2) is 3.60. The fourth-order valence-corrected chi connectivity index (χ4v) is 0.552. The number of carbonyl (C=O) groups excluding carboxylic acids is 2. The van der Waals surface area contributed by atoms with Gasteiger partial charge in [-0.2, -0.15) is 0 Å². The average molecular weight is 183 g/mol. The molecule has 0 aromatic rings. The molecule has 1 radical (unpaired) electrons. The van der Waals surface area contributed by atoms with Crippen LogP contribution in [0.25, 0.3) is 0 Å². The first-order valence-electron chi connectivity index (χ1n) is 4.49. The van der Waals surface area contributed by atoms with Crippen LogP contribution in [0.2, 0.25) is 0 Å². The first kappa shape index (κ1) is 12.3. The Morgan fingerprint density at radius 2 is 1.00 bits per heavy atom. The maximum atomic E-state index is 11.4. The summed E-state index contributed by atoms with van der Waals surface area (Å²) in [6.07, 6.45) is 1.22. The fourth-order valence-electron chi connectivity index (χ4n) is 0.552. The van der Waals surface area contributed by atoms with Gasteiger partial charge in [-0.05, 0) is 0 Å². The quantitative estimate of drug-likeness (QED) is 0.616. The SMILES string of the molecule is CC(C)(C)C(=O)[CH]C(=O)C(C)(C)C. The molecule has 2 nitrogen and oxygen atoms in total. The van der Waals surface area contributed by atoms with E-state index in [1.807, 2.05) is 41.5 Å². The summed E-state index contributed by atoms with van der Waals surface area (Å²) in [5.74, 6) is -0.208. The molecule has 0 amide bonds. The predicted molar refractivity (Wildman–Crippen MR) is 53.2 cm³/mol. The van der Waals surface area contributed by atoms with Gasteiger partial charge in [0.25, 0.3) is 0 Å². The van der Waals surface area contributed by atoms with Gasteiger partial charge in [-0.15, -0.1) is 0 Å². The molecule has 75 valence electrons. The van der Waals surface area contributed by atoms with Crippen molar-refractivity contribution in [1.29, 1.82) is 0 Å². The van der Waals surface area contributed by atoms with Crippen molar-refractivity contribution in [2.45, 2.75) is 41.5 Å². The lowest BCUT2D eigenvalue weighted by Crippen LogP contribution is -2.29. The minimum atomic E-state index is -0.457. The van der Waals surface area contributed by atoms with Crippen molar-refractivity contribution in [2.75, 3.05) is 0 Å². The first-order chi connectivity index (χ1) is 5.55. The Kier molecular flexibility index (Phi) is 3.42. The smallest absolute Gasteiger partial charge is 0.149 e. The van der Waals surface area contributed by atoms with E-state index in [-0.39, 0.29) is 11.6 Å². The first-order valence-corrected chi connectivity index (χ1v) is 4.49. The summed E-state index contributed by atoms with van der Waals surface area (Å²) in [4.78, 5) is 22.9. The lowest BCUT2D eigenvalue weighted by molar-refractivity contribution is -0.129. The summed E-state index contributed by atoms with van der Waals surface area (Å²) >= 11 is 0.